The number of carbonyl (C=O) groups excluding carboxylic acids is 1. The molecule has 0 bridgehead atoms. The van der Waals surface area contributed by atoms with Gasteiger partial charge in [0, 0.05) is 13.1 Å². The minimum Gasteiger partial charge on any atom is -0.337 e. The molecule has 90 valence electrons. The molecule has 1 heterocycles. The van der Waals surface area contributed by atoms with E-state index in [1.165, 1.54) is 0 Å². The van der Waals surface area contributed by atoms with Gasteiger partial charge in [-0.1, -0.05) is 42.5 Å². The summed E-state index contributed by atoms with van der Waals surface area (Å²) >= 11 is 0. The van der Waals surface area contributed by atoms with Gasteiger partial charge in [0.05, 0.1) is 6.04 Å². The van der Waals surface area contributed by atoms with E-state index in [4.69, 9.17) is 5.73 Å². The van der Waals surface area contributed by atoms with Crippen LogP contribution >= 0.6 is 0 Å². The molecule has 0 spiro atoms. The molecular weight excluding hydrogens is 212 g/mol. The van der Waals surface area contributed by atoms with Crippen LogP contribution < -0.4 is 5.73 Å². The van der Waals surface area contributed by atoms with Crippen LogP contribution in [0.2, 0.25) is 0 Å². The maximum Gasteiger partial charge on any atom is 0.240 e. The van der Waals surface area contributed by atoms with E-state index in [0.29, 0.717) is 13.0 Å². The molecule has 1 aromatic carbocycles. The van der Waals surface area contributed by atoms with E-state index >= 15 is 0 Å². The first-order valence-corrected chi connectivity index (χ1v) is 6.00. The minimum atomic E-state index is -0.427. The number of benzene rings is 1. The van der Waals surface area contributed by atoms with Gasteiger partial charge in [0.2, 0.25) is 5.91 Å². The third-order valence-corrected chi connectivity index (χ3v) is 2.99. The Morgan fingerprint density at radius 1 is 1.29 bits per heavy atom. The average molecular weight is 230 g/mol. The molecule has 0 fully saturated rings. The Labute approximate surface area is 102 Å². The lowest BCUT2D eigenvalue weighted by Gasteiger charge is -2.26. The molecule has 0 aliphatic carbocycles. The Morgan fingerprint density at radius 3 is 2.71 bits per heavy atom. The number of hydrogen-bond acceptors (Lipinski definition) is 2. The molecular formula is C14H18N2O. The molecule has 2 N–H and O–H groups in total. The molecule has 1 aliphatic rings. The smallest absolute Gasteiger partial charge is 0.240 e. The molecule has 0 saturated carbocycles. The van der Waals surface area contributed by atoms with E-state index in [2.05, 4.69) is 6.08 Å². The fourth-order valence-electron chi connectivity index (χ4n) is 2.03. The van der Waals surface area contributed by atoms with Crippen molar-refractivity contribution < 1.29 is 4.79 Å². The average Bonchev–Trinajstić information content (AvgIpc) is 2.40. The third kappa shape index (κ3) is 3.17. The highest BCUT2D eigenvalue weighted by atomic mass is 16.2. The van der Waals surface area contributed by atoms with Crippen LogP contribution in [-0.4, -0.2) is 29.9 Å². The van der Waals surface area contributed by atoms with Crippen molar-refractivity contribution in [1.82, 2.24) is 4.90 Å². The molecule has 3 heteroatoms. The number of carbonyl (C=O) groups is 1. The summed E-state index contributed by atoms with van der Waals surface area (Å²) in [6.45, 7) is 1.49. The summed E-state index contributed by atoms with van der Waals surface area (Å²) < 4.78 is 0. The normalized spacial score (nSPS) is 16.9. The van der Waals surface area contributed by atoms with Crippen LogP contribution in [-0.2, 0) is 11.2 Å². The lowest BCUT2D eigenvalue weighted by atomic mass is 10.1. The number of amides is 1. The van der Waals surface area contributed by atoms with Crippen LogP contribution in [0.1, 0.15) is 12.0 Å². The Hall–Kier alpha value is -1.61. The van der Waals surface area contributed by atoms with E-state index in [1.54, 1.807) is 0 Å². The van der Waals surface area contributed by atoms with E-state index in [-0.39, 0.29) is 5.91 Å². The SMILES string of the molecule is N[C@H](Cc1ccccc1)C(=O)N1CC=CCC1. The highest BCUT2D eigenvalue weighted by molar-refractivity contribution is 5.82. The predicted octanol–water partition coefficient (Wildman–Crippen LogP) is 1.34. The zero-order chi connectivity index (χ0) is 12.1. The molecule has 3 nitrogen and oxygen atoms in total. The lowest BCUT2D eigenvalue weighted by molar-refractivity contribution is -0.132. The van der Waals surface area contributed by atoms with Gasteiger partial charge < -0.3 is 10.6 Å². The minimum absolute atomic E-state index is 0.0539. The number of hydrogen-bond donors (Lipinski definition) is 1. The van der Waals surface area contributed by atoms with Crippen molar-refractivity contribution >= 4 is 5.91 Å². The van der Waals surface area contributed by atoms with Crippen LogP contribution in [0.4, 0.5) is 0 Å². The monoisotopic (exact) mass is 230 g/mol. The highest BCUT2D eigenvalue weighted by Crippen LogP contribution is 2.07. The van der Waals surface area contributed by atoms with Gasteiger partial charge in [-0.2, -0.15) is 0 Å². The third-order valence-electron chi connectivity index (χ3n) is 2.99. The van der Waals surface area contributed by atoms with Gasteiger partial charge in [0.25, 0.3) is 0 Å². The second-order valence-electron chi connectivity index (χ2n) is 4.34. The first-order chi connectivity index (χ1) is 8.27. The molecule has 1 amide bonds. The molecule has 0 aromatic heterocycles. The Balaban J connectivity index is 1.93. The summed E-state index contributed by atoms with van der Waals surface area (Å²) in [5, 5.41) is 0. The summed E-state index contributed by atoms with van der Waals surface area (Å²) in [6, 6.07) is 9.48. The van der Waals surface area contributed by atoms with E-state index < -0.39 is 6.04 Å². The standard InChI is InChI=1S/C14H18N2O/c15-13(11-12-7-3-1-4-8-12)14(17)16-9-5-2-6-10-16/h1-5,7-8,13H,6,9-11,15H2/t13-/m1/s1. The van der Waals surface area contributed by atoms with E-state index in [1.807, 2.05) is 41.3 Å². The second-order valence-corrected chi connectivity index (χ2v) is 4.34. The van der Waals surface area contributed by atoms with Gasteiger partial charge in [0.1, 0.15) is 0 Å². The highest BCUT2D eigenvalue weighted by Gasteiger charge is 2.20. The fourth-order valence-corrected chi connectivity index (χ4v) is 2.03. The topological polar surface area (TPSA) is 46.3 Å². The Morgan fingerprint density at radius 2 is 2.06 bits per heavy atom. The molecule has 0 radical (unpaired) electrons. The summed E-state index contributed by atoms with van der Waals surface area (Å²) in [4.78, 5) is 13.9. The number of rotatable bonds is 3. The number of nitrogens with two attached hydrogens (primary N) is 1. The van der Waals surface area contributed by atoms with Crippen molar-refractivity contribution in [3.8, 4) is 0 Å². The number of nitrogens with zero attached hydrogens (tertiary/aromatic N) is 1. The first-order valence-electron chi connectivity index (χ1n) is 6.00. The summed E-state index contributed by atoms with van der Waals surface area (Å²) in [6.07, 6.45) is 5.67. The fraction of sp³-hybridized carbons (Fsp3) is 0.357. The Bertz CT molecular complexity index is 400. The van der Waals surface area contributed by atoms with Crippen LogP contribution in [0.15, 0.2) is 42.5 Å². The second kappa shape index (κ2) is 5.64. The van der Waals surface area contributed by atoms with Gasteiger partial charge in [-0.15, -0.1) is 0 Å². The Kier molecular flexibility index (Phi) is 3.94. The van der Waals surface area contributed by atoms with Crippen molar-refractivity contribution in [2.24, 2.45) is 5.73 Å². The van der Waals surface area contributed by atoms with Crippen molar-refractivity contribution in [1.29, 1.82) is 0 Å². The van der Waals surface area contributed by atoms with Gasteiger partial charge in [-0.3, -0.25) is 4.79 Å². The summed E-state index contributed by atoms with van der Waals surface area (Å²) in [7, 11) is 0. The molecule has 17 heavy (non-hydrogen) atoms. The van der Waals surface area contributed by atoms with Crippen LogP contribution in [0.25, 0.3) is 0 Å². The van der Waals surface area contributed by atoms with Gasteiger partial charge in [-0.25, -0.2) is 0 Å². The van der Waals surface area contributed by atoms with Gasteiger partial charge in [-0.05, 0) is 18.4 Å². The zero-order valence-corrected chi connectivity index (χ0v) is 9.88. The molecule has 2 rings (SSSR count). The molecule has 0 unspecified atom stereocenters. The quantitative estimate of drug-likeness (QED) is 0.797. The summed E-state index contributed by atoms with van der Waals surface area (Å²) in [5.41, 5.74) is 7.08. The molecule has 0 saturated heterocycles. The predicted molar refractivity (Wildman–Crippen MR) is 68.5 cm³/mol. The molecule has 1 atom stereocenters. The van der Waals surface area contributed by atoms with E-state index in [9.17, 15) is 4.79 Å². The van der Waals surface area contributed by atoms with Crippen molar-refractivity contribution in [2.45, 2.75) is 18.9 Å². The molecule has 1 aromatic rings. The maximum absolute atomic E-state index is 12.1. The maximum atomic E-state index is 12.1. The van der Waals surface area contributed by atoms with Crippen LogP contribution in [0.3, 0.4) is 0 Å². The van der Waals surface area contributed by atoms with Crippen LogP contribution in [0.5, 0.6) is 0 Å². The van der Waals surface area contributed by atoms with E-state index in [0.717, 1.165) is 18.5 Å². The zero-order valence-electron chi connectivity index (χ0n) is 9.88. The largest absolute Gasteiger partial charge is 0.337 e. The first kappa shape index (κ1) is 11.9. The molecule has 1 aliphatic heterocycles. The van der Waals surface area contributed by atoms with Crippen molar-refractivity contribution in [3.05, 3.63) is 48.0 Å². The summed E-state index contributed by atoms with van der Waals surface area (Å²) in [5.74, 6) is 0.0539. The van der Waals surface area contributed by atoms with Crippen molar-refractivity contribution in [3.63, 3.8) is 0 Å². The van der Waals surface area contributed by atoms with Crippen molar-refractivity contribution in [2.75, 3.05) is 13.1 Å². The van der Waals surface area contributed by atoms with Gasteiger partial charge in [0.15, 0.2) is 0 Å². The lowest BCUT2D eigenvalue weighted by Crippen LogP contribution is -2.46. The van der Waals surface area contributed by atoms with Gasteiger partial charge >= 0.3 is 0 Å². The van der Waals surface area contributed by atoms with Crippen LogP contribution in [0, 0.1) is 0 Å².